The van der Waals surface area contributed by atoms with E-state index in [1.165, 1.54) is 16.7 Å². The Morgan fingerprint density at radius 3 is 2.55 bits per heavy atom. The first-order valence-corrected chi connectivity index (χ1v) is 6.74. The highest BCUT2D eigenvalue weighted by molar-refractivity contribution is 5.80. The Morgan fingerprint density at radius 2 is 1.91 bits per heavy atom. The molecule has 0 unspecified atom stereocenters. The van der Waals surface area contributed by atoms with Crippen LogP contribution >= 0.6 is 0 Å². The van der Waals surface area contributed by atoms with Crippen LogP contribution in [-0.2, 0) is 6.54 Å². The molecular weight excluding hydrogens is 292 g/mol. The van der Waals surface area contributed by atoms with Gasteiger partial charge < -0.3 is 4.57 Å². The van der Waals surface area contributed by atoms with Gasteiger partial charge in [0.25, 0.3) is 11.1 Å². The van der Waals surface area contributed by atoms with E-state index in [9.17, 15) is 18.4 Å². The second-order valence-corrected chi connectivity index (χ2v) is 4.95. The molecule has 1 N–H and O–H groups in total. The highest BCUT2D eigenvalue weighted by atomic mass is 19.1. The van der Waals surface area contributed by atoms with Gasteiger partial charge in [0.15, 0.2) is 5.82 Å². The van der Waals surface area contributed by atoms with E-state index in [1.54, 1.807) is 13.8 Å². The molecular formula is C15H13F2N3O2. The summed E-state index contributed by atoms with van der Waals surface area (Å²) in [5, 5.41) is 3.01. The Morgan fingerprint density at radius 1 is 1.18 bits per heavy atom. The number of aromatic nitrogens is 3. The maximum atomic E-state index is 13.9. The van der Waals surface area contributed by atoms with Crippen LogP contribution in [0.5, 0.6) is 0 Å². The van der Waals surface area contributed by atoms with E-state index in [0.29, 0.717) is 29.2 Å². The summed E-state index contributed by atoms with van der Waals surface area (Å²) in [5.74, 6) is -1.59. The average Bonchev–Trinajstić information content (AvgIpc) is 2.76. The molecule has 0 bridgehead atoms. The molecule has 0 aliphatic heterocycles. The summed E-state index contributed by atoms with van der Waals surface area (Å²) in [7, 11) is 0. The van der Waals surface area contributed by atoms with E-state index in [2.05, 4.69) is 5.10 Å². The van der Waals surface area contributed by atoms with Crippen LogP contribution in [0.1, 0.15) is 12.6 Å². The molecule has 0 aliphatic carbocycles. The molecule has 2 heterocycles. The van der Waals surface area contributed by atoms with Gasteiger partial charge in [0.2, 0.25) is 0 Å². The average molecular weight is 305 g/mol. The third-order valence-electron chi connectivity index (χ3n) is 3.69. The topological polar surface area (TPSA) is 59.8 Å². The third-order valence-corrected chi connectivity index (χ3v) is 3.69. The van der Waals surface area contributed by atoms with Gasteiger partial charge in [-0.2, -0.15) is 0 Å². The van der Waals surface area contributed by atoms with Crippen LogP contribution in [0, 0.1) is 18.6 Å². The van der Waals surface area contributed by atoms with Crippen LogP contribution in [0.3, 0.4) is 0 Å². The van der Waals surface area contributed by atoms with Crippen molar-refractivity contribution in [3.8, 4) is 5.69 Å². The van der Waals surface area contributed by atoms with Gasteiger partial charge in [-0.1, -0.05) is 0 Å². The van der Waals surface area contributed by atoms with Gasteiger partial charge in [-0.25, -0.2) is 13.5 Å². The number of nitrogens with one attached hydrogen (secondary N) is 1. The van der Waals surface area contributed by atoms with E-state index in [4.69, 9.17) is 0 Å². The molecule has 3 rings (SSSR count). The highest BCUT2D eigenvalue weighted by Crippen LogP contribution is 2.16. The molecule has 22 heavy (non-hydrogen) atoms. The van der Waals surface area contributed by atoms with E-state index < -0.39 is 17.2 Å². The molecule has 0 atom stereocenters. The van der Waals surface area contributed by atoms with E-state index in [1.807, 2.05) is 0 Å². The number of fused-ring (bicyclic) bond motifs is 1. The van der Waals surface area contributed by atoms with Gasteiger partial charge >= 0.3 is 0 Å². The number of aryl methyl sites for hydroxylation is 1. The fourth-order valence-electron chi connectivity index (χ4n) is 2.64. The minimum atomic E-state index is -0.864. The molecule has 2 aromatic heterocycles. The predicted octanol–water partition coefficient (Wildman–Crippen LogP) is 2.09. The van der Waals surface area contributed by atoms with Crippen molar-refractivity contribution in [2.45, 2.75) is 20.4 Å². The summed E-state index contributed by atoms with van der Waals surface area (Å²) in [6.45, 7) is 3.88. The molecule has 3 aromatic rings. The monoisotopic (exact) mass is 305 g/mol. The predicted molar refractivity (Wildman–Crippen MR) is 78.5 cm³/mol. The van der Waals surface area contributed by atoms with Crippen LogP contribution in [0.4, 0.5) is 8.78 Å². The number of H-pyrrole nitrogens is 1. The number of hydrogen-bond donors (Lipinski definition) is 1. The van der Waals surface area contributed by atoms with Crippen molar-refractivity contribution in [2.24, 2.45) is 0 Å². The van der Waals surface area contributed by atoms with Crippen LogP contribution in [0.15, 0.2) is 33.9 Å². The molecule has 1 aromatic carbocycles. The number of benzene rings is 1. The summed E-state index contributed by atoms with van der Waals surface area (Å²) >= 11 is 0. The fraction of sp³-hybridized carbons (Fsp3) is 0.200. The number of halogens is 2. The first-order chi connectivity index (χ1) is 10.4. The summed E-state index contributed by atoms with van der Waals surface area (Å²) < 4.78 is 29.3. The zero-order valence-electron chi connectivity index (χ0n) is 12.0. The Bertz CT molecular complexity index is 998. The Kier molecular flexibility index (Phi) is 3.20. The van der Waals surface area contributed by atoms with Gasteiger partial charge in [0.05, 0.1) is 10.9 Å². The number of rotatable bonds is 2. The molecule has 0 amide bonds. The Hall–Kier alpha value is -2.70. The first kappa shape index (κ1) is 14.2. The lowest BCUT2D eigenvalue weighted by molar-refractivity contribution is 0.573. The van der Waals surface area contributed by atoms with Gasteiger partial charge in [-0.05, 0) is 26.0 Å². The van der Waals surface area contributed by atoms with Crippen LogP contribution in [-0.4, -0.2) is 14.3 Å². The lowest BCUT2D eigenvalue weighted by atomic mass is 10.2. The van der Waals surface area contributed by atoms with E-state index >= 15 is 0 Å². The van der Waals surface area contributed by atoms with Gasteiger partial charge in [-0.15, -0.1) is 0 Å². The largest absolute Gasteiger partial charge is 0.312 e. The summed E-state index contributed by atoms with van der Waals surface area (Å²) in [5.41, 5.74) is -0.00775. The summed E-state index contributed by atoms with van der Waals surface area (Å²) in [6.07, 6.45) is 0. The Balaban J connectivity index is 2.38. The number of hydrogen-bond acceptors (Lipinski definition) is 2. The molecule has 0 radical (unpaired) electrons. The van der Waals surface area contributed by atoms with Crippen LogP contribution in [0.25, 0.3) is 16.6 Å². The summed E-state index contributed by atoms with van der Waals surface area (Å²) in [6, 6.07) is 4.23. The van der Waals surface area contributed by atoms with Crippen molar-refractivity contribution < 1.29 is 8.78 Å². The van der Waals surface area contributed by atoms with Gasteiger partial charge in [0.1, 0.15) is 11.5 Å². The SMILES string of the molecule is CCn1c(C)c2c(=O)n(-c3ccc(F)cc3F)[nH]c2cc1=O. The number of pyridine rings is 1. The highest BCUT2D eigenvalue weighted by Gasteiger charge is 2.16. The zero-order chi connectivity index (χ0) is 16.0. The smallest absolute Gasteiger partial charge is 0.280 e. The van der Waals surface area contributed by atoms with Crippen molar-refractivity contribution >= 4 is 10.9 Å². The van der Waals surface area contributed by atoms with Crippen molar-refractivity contribution in [2.75, 3.05) is 0 Å². The molecule has 0 fully saturated rings. The minimum absolute atomic E-state index is 0.0995. The first-order valence-electron chi connectivity index (χ1n) is 6.74. The standard InChI is InChI=1S/C15H13F2N3O2/c1-3-19-8(2)14-11(7-13(19)21)18-20(15(14)22)12-5-4-9(16)6-10(12)17/h4-7,18H,3H2,1-2H3. The molecule has 5 nitrogen and oxygen atoms in total. The van der Waals surface area contributed by atoms with E-state index in [-0.39, 0.29) is 11.2 Å². The van der Waals surface area contributed by atoms with Crippen LogP contribution in [0.2, 0.25) is 0 Å². The maximum Gasteiger partial charge on any atom is 0.280 e. The third kappa shape index (κ3) is 1.97. The lowest BCUT2D eigenvalue weighted by Gasteiger charge is -2.05. The molecule has 0 spiro atoms. The van der Waals surface area contributed by atoms with Gasteiger partial charge in [0, 0.05) is 24.4 Å². The molecule has 0 saturated heterocycles. The number of aromatic amines is 1. The quantitative estimate of drug-likeness (QED) is 0.788. The second kappa shape index (κ2) is 4.94. The lowest BCUT2D eigenvalue weighted by Crippen LogP contribution is -2.22. The van der Waals surface area contributed by atoms with Gasteiger partial charge in [-0.3, -0.25) is 14.7 Å². The van der Waals surface area contributed by atoms with Crippen molar-refractivity contribution in [3.05, 3.63) is 62.3 Å². The number of nitrogens with zero attached hydrogens (tertiary/aromatic N) is 2. The van der Waals surface area contributed by atoms with E-state index in [0.717, 1.165) is 10.7 Å². The van der Waals surface area contributed by atoms with Crippen molar-refractivity contribution in [1.82, 2.24) is 14.3 Å². The summed E-state index contributed by atoms with van der Waals surface area (Å²) in [4.78, 5) is 24.5. The zero-order valence-corrected chi connectivity index (χ0v) is 12.0. The molecule has 7 heteroatoms. The molecule has 0 aliphatic rings. The maximum absolute atomic E-state index is 13.9. The van der Waals surface area contributed by atoms with Crippen LogP contribution < -0.4 is 11.1 Å². The molecule has 114 valence electrons. The van der Waals surface area contributed by atoms with Crippen molar-refractivity contribution in [1.29, 1.82) is 0 Å². The Labute approximate surface area is 123 Å². The second-order valence-electron chi connectivity index (χ2n) is 4.95. The fourth-order valence-corrected chi connectivity index (χ4v) is 2.64. The van der Waals surface area contributed by atoms with Crippen molar-refractivity contribution in [3.63, 3.8) is 0 Å². The minimum Gasteiger partial charge on any atom is -0.312 e. The normalized spacial score (nSPS) is 11.3. The molecule has 0 saturated carbocycles.